The number of amides is 1. The summed E-state index contributed by atoms with van der Waals surface area (Å²) in [6, 6.07) is 6.26. The molecule has 14 heteroatoms. The van der Waals surface area contributed by atoms with Gasteiger partial charge in [-0.1, -0.05) is 19.4 Å². The van der Waals surface area contributed by atoms with Gasteiger partial charge in [0.2, 0.25) is 0 Å². The maximum atomic E-state index is 12.9. The van der Waals surface area contributed by atoms with Gasteiger partial charge in [-0.15, -0.1) is 0 Å². The van der Waals surface area contributed by atoms with Crippen LogP contribution in [0.1, 0.15) is 28.4 Å². The molecule has 0 fully saturated rings. The molecule has 0 saturated heterocycles. The van der Waals surface area contributed by atoms with E-state index in [1.165, 1.54) is 6.07 Å². The molecule has 0 bridgehead atoms. The molecule has 0 aromatic heterocycles. The quantitative estimate of drug-likeness (QED) is 0.471. The SMILES string of the molecule is CC(C#N)(COc1cc(C#N)cc(C(F)(F)F)c1)NC(=O)c1ccc(S(F)(F)(F)(F)F)cc1. The van der Waals surface area contributed by atoms with E-state index < -0.39 is 56.2 Å². The predicted octanol–water partition coefficient (Wildman–Crippen LogP) is 6.33. The van der Waals surface area contributed by atoms with E-state index >= 15 is 0 Å². The minimum Gasteiger partial charge on any atom is -0.490 e. The molecule has 0 spiro atoms. The van der Waals surface area contributed by atoms with E-state index in [4.69, 9.17) is 10.00 Å². The van der Waals surface area contributed by atoms with Crippen molar-refractivity contribution in [2.24, 2.45) is 0 Å². The highest BCUT2D eigenvalue weighted by molar-refractivity contribution is 8.45. The highest BCUT2D eigenvalue weighted by atomic mass is 32.5. The molecule has 33 heavy (non-hydrogen) atoms. The van der Waals surface area contributed by atoms with Crippen LogP contribution in [0.4, 0.5) is 32.6 Å². The highest BCUT2D eigenvalue weighted by Crippen LogP contribution is 3.02. The summed E-state index contributed by atoms with van der Waals surface area (Å²) < 4.78 is 108. The molecule has 0 aliphatic carbocycles. The second kappa shape index (κ2) is 7.52. The first-order valence-electron chi connectivity index (χ1n) is 8.59. The van der Waals surface area contributed by atoms with E-state index in [0.717, 1.165) is 13.0 Å². The standard InChI is InChI=1S/C19H13F8N3O2S/c1-18(10-29,11-32-15-7-12(9-28)6-14(8-15)19(20,21)22)30-17(31)13-2-4-16(5-3-13)33(23,24,25,26)27/h2-8H,11H2,1H3,(H,30,31). The molecule has 1 atom stereocenters. The molecular weight excluding hydrogens is 486 g/mol. The number of nitriles is 2. The number of halogens is 8. The zero-order valence-electron chi connectivity index (χ0n) is 16.4. The van der Waals surface area contributed by atoms with Gasteiger partial charge in [-0.2, -0.15) is 23.7 Å². The topological polar surface area (TPSA) is 85.9 Å². The third kappa shape index (κ3) is 6.73. The van der Waals surface area contributed by atoms with Crippen molar-refractivity contribution >= 4 is 16.1 Å². The number of benzene rings is 2. The van der Waals surface area contributed by atoms with Crippen LogP contribution in [0.3, 0.4) is 0 Å². The molecule has 178 valence electrons. The fourth-order valence-corrected chi connectivity index (χ4v) is 3.07. The third-order valence-corrected chi connectivity index (χ3v) is 5.25. The monoisotopic (exact) mass is 499 g/mol. The smallest absolute Gasteiger partial charge is 0.416 e. The number of hydrogen-bond donors (Lipinski definition) is 1. The third-order valence-electron chi connectivity index (χ3n) is 4.09. The summed E-state index contributed by atoms with van der Waals surface area (Å²) in [6.45, 7) is 0.387. The van der Waals surface area contributed by atoms with Gasteiger partial charge in [0.05, 0.1) is 23.3 Å². The van der Waals surface area contributed by atoms with Gasteiger partial charge in [0.1, 0.15) is 17.3 Å². The van der Waals surface area contributed by atoms with Crippen molar-refractivity contribution in [1.82, 2.24) is 5.32 Å². The van der Waals surface area contributed by atoms with Crippen molar-refractivity contribution in [3.05, 3.63) is 59.2 Å². The molecule has 2 aromatic rings. The summed E-state index contributed by atoms with van der Waals surface area (Å²) in [5, 5.41) is 20.3. The average Bonchev–Trinajstić information content (AvgIpc) is 2.70. The molecule has 0 saturated carbocycles. The Morgan fingerprint density at radius 1 is 1.03 bits per heavy atom. The Morgan fingerprint density at radius 3 is 2.06 bits per heavy atom. The second-order valence-electron chi connectivity index (χ2n) is 7.04. The normalized spacial score (nSPS) is 15.7. The van der Waals surface area contributed by atoms with E-state index in [9.17, 15) is 42.7 Å². The Hall–Kier alpha value is -3.52. The molecule has 0 heterocycles. The summed E-state index contributed by atoms with van der Waals surface area (Å²) in [6.07, 6.45) is -4.79. The first-order chi connectivity index (χ1) is 14.8. The molecule has 0 aliphatic rings. The molecule has 2 rings (SSSR count). The van der Waals surface area contributed by atoms with Crippen LogP contribution in [0.25, 0.3) is 0 Å². The summed E-state index contributed by atoms with van der Waals surface area (Å²) >= 11 is 0. The second-order valence-corrected chi connectivity index (χ2v) is 9.45. The molecule has 1 amide bonds. The van der Waals surface area contributed by atoms with Crippen LogP contribution < -0.4 is 10.1 Å². The number of carbonyl (C=O) groups is 1. The van der Waals surface area contributed by atoms with Crippen molar-refractivity contribution in [1.29, 1.82) is 10.5 Å². The lowest BCUT2D eigenvalue weighted by Gasteiger charge is -2.40. The summed E-state index contributed by atoms with van der Waals surface area (Å²) in [7, 11) is -9.94. The van der Waals surface area contributed by atoms with E-state index in [-0.39, 0.29) is 17.7 Å². The lowest BCUT2D eigenvalue weighted by molar-refractivity contribution is -0.137. The van der Waals surface area contributed by atoms with Gasteiger partial charge in [-0.3, -0.25) is 4.79 Å². The Kier molecular flexibility index (Phi) is 5.86. The van der Waals surface area contributed by atoms with Gasteiger partial charge in [0.25, 0.3) is 5.91 Å². The summed E-state index contributed by atoms with van der Waals surface area (Å²) in [4.78, 5) is 10.1. The minimum absolute atomic E-state index is 0.0166. The van der Waals surface area contributed by atoms with Gasteiger partial charge in [0, 0.05) is 5.56 Å². The van der Waals surface area contributed by atoms with Crippen LogP contribution >= 0.6 is 10.2 Å². The molecule has 2 aromatic carbocycles. The fraction of sp³-hybridized carbons (Fsp3) is 0.211. The zero-order valence-corrected chi connectivity index (χ0v) is 17.2. The van der Waals surface area contributed by atoms with Crippen molar-refractivity contribution in [2.75, 3.05) is 6.61 Å². The maximum absolute atomic E-state index is 12.9. The number of nitrogens with zero attached hydrogens (tertiary/aromatic N) is 2. The molecule has 5 nitrogen and oxygen atoms in total. The van der Waals surface area contributed by atoms with Gasteiger partial charge >= 0.3 is 16.4 Å². The van der Waals surface area contributed by atoms with Gasteiger partial charge in [-0.25, -0.2) is 0 Å². The van der Waals surface area contributed by atoms with Crippen molar-refractivity contribution in [3.8, 4) is 17.9 Å². The van der Waals surface area contributed by atoms with Gasteiger partial charge in [0.15, 0.2) is 5.54 Å². The number of nitrogens with one attached hydrogen (secondary N) is 1. The lowest BCUT2D eigenvalue weighted by atomic mass is 10.0. The van der Waals surface area contributed by atoms with Crippen LogP contribution in [0.15, 0.2) is 47.4 Å². The van der Waals surface area contributed by atoms with Crippen molar-refractivity contribution in [3.63, 3.8) is 0 Å². The lowest BCUT2D eigenvalue weighted by Crippen LogP contribution is -2.49. The van der Waals surface area contributed by atoms with E-state index in [1.807, 2.05) is 0 Å². The molecule has 1 N–H and O–H groups in total. The molecular formula is C19H13F8N3O2S. The van der Waals surface area contributed by atoms with E-state index in [2.05, 4.69) is 5.32 Å². The van der Waals surface area contributed by atoms with Gasteiger partial charge < -0.3 is 10.1 Å². The fourth-order valence-electron chi connectivity index (χ4n) is 2.42. The molecule has 0 radical (unpaired) electrons. The predicted molar refractivity (Wildman–Crippen MR) is 101 cm³/mol. The van der Waals surface area contributed by atoms with Crippen molar-refractivity contribution < 1.29 is 42.1 Å². The zero-order chi connectivity index (χ0) is 25.4. The van der Waals surface area contributed by atoms with Gasteiger partial charge in [-0.05, 0) is 49.4 Å². The Balaban J connectivity index is 2.20. The first kappa shape index (κ1) is 25.7. The number of alkyl halides is 3. The van der Waals surface area contributed by atoms with E-state index in [1.54, 1.807) is 6.07 Å². The van der Waals surface area contributed by atoms with Crippen molar-refractivity contribution in [2.45, 2.75) is 23.5 Å². The maximum Gasteiger partial charge on any atom is 0.416 e. The summed E-state index contributed by atoms with van der Waals surface area (Å²) in [5.41, 5.74) is -3.96. The minimum atomic E-state index is -9.94. The van der Waals surface area contributed by atoms with Crippen LogP contribution in [0.2, 0.25) is 0 Å². The number of ether oxygens (including phenoxy) is 1. The highest BCUT2D eigenvalue weighted by Gasteiger charge is 2.65. The van der Waals surface area contributed by atoms with Crippen LogP contribution in [0.5, 0.6) is 5.75 Å². The summed E-state index contributed by atoms with van der Waals surface area (Å²) in [5.74, 6) is -1.56. The first-order valence-corrected chi connectivity index (χ1v) is 10.5. The Bertz CT molecular complexity index is 1170. The Morgan fingerprint density at radius 2 is 1.61 bits per heavy atom. The largest absolute Gasteiger partial charge is 0.490 e. The van der Waals surface area contributed by atoms with Crippen LogP contribution in [0, 0.1) is 22.7 Å². The van der Waals surface area contributed by atoms with Crippen LogP contribution in [-0.2, 0) is 6.18 Å². The number of hydrogen-bond acceptors (Lipinski definition) is 4. The molecule has 0 aliphatic heterocycles. The van der Waals surface area contributed by atoms with E-state index in [0.29, 0.717) is 24.3 Å². The number of carbonyl (C=O) groups excluding carboxylic acids is 1. The van der Waals surface area contributed by atoms with Crippen LogP contribution in [-0.4, -0.2) is 18.1 Å². The number of rotatable bonds is 6. The Labute approximate surface area is 181 Å². The average molecular weight is 499 g/mol. The molecule has 1 unspecified atom stereocenters.